The third-order valence-electron chi connectivity index (χ3n) is 3.52. The Hall–Kier alpha value is -2.14. The predicted molar refractivity (Wildman–Crippen MR) is 79.9 cm³/mol. The molecule has 0 bridgehead atoms. The molecule has 1 aliphatic rings. The van der Waals surface area contributed by atoms with E-state index in [1.807, 2.05) is 6.92 Å². The van der Waals surface area contributed by atoms with Gasteiger partial charge >= 0.3 is 5.97 Å². The van der Waals surface area contributed by atoms with Crippen LogP contribution in [0.25, 0.3) is 6.08 Å². The zero-order valence-electron chi connectivity index (χ0n) is 11.9. The van der Waals surface area contributed by atoms with Crippen molar-refractivity contribution in [1.29, 1.82) is 0 Å². The second-order valence-electron chi connectivity index (χ2n) is 5.00. The van der Waals surface area contributed by atoms with Crippen LogP contribution in [-0.4, -0.2) is 29.7 Å². The van der Waals surface area contributed by atoms with Crippen molar-refractivity contribution >= 4 is 23.6 Å². The number of aliphatic carboxylic acids is 1. The highest BCUT2D eigenvalue weighted by Gasteiger charge is 2.32. The van der Waals surface area contributed by atoms with Crippen LogP contribution in [0.4, 0.5) is 5.69 Å². The first-order chi connectivity index (χ1) is 10.1. The van der Waals surface area contributed by atoms with Gasteiger partial charge in [0.05, 0.1) is 12.0 Å². The molecule has 2 atom stereocenters. The average Bonchev–Trinajstić information content (AvgIpc) is 2.94. The first-order valence-electron chi connectivity index (χ1n) is 7.03. The number of carboxylic acid groups (broad SMARTS) is 1. The summed E-state index contributed by atoms with van der Waals surface area (Å²) in [5, 5.41) is 11.5. The highest BCUT2D eigenvalue weighted by molar-refractivity contribution is 5.93. The molecule has 1 aromatic carbocycles. The fourth-order valence-electron chi connectivity index (χ4n) is 2.47. The zero-order chi connectivity index (χ0) is 15.2. The maximum absolute atomic E-state index is 12.3. The van der Waals surface area contributed by atoms with Crippen molar-refractivity contribution in [2.24, 2.45) is 5.92 Å². The van der Waals surface area contributed by atoms with E-state index in [2.05, 4.69) is 5.32 Å². The topological polar surface area (TPSA) is 75.6 Å². The molecule has 0 aromatic heterocycles. The van der Waals surface area contributed by atoms with Crippen molar-refractivity contribution in [1.82, 2.24) is 0 Å². The second kappa shape index (κ2) is 7.04. The monoisotopic (exact) mass is 289 g/mol. The van der Waals surface area contributed by atoms with Crippen LogP contribution in [-0.2, 0) is 14.3 Å². The molecule has 112 valence electrons. The number of carboxylic acids is 1. The molecule has 21 heavy (non-hydrogen) atoms. The molecule has 0 aliphatic carbocycles. The number of carbonyl (C=O) groups is 2. The standard InChI is InChI=1S/C16H19NO4/c1-2-14-13(8-9-21-14)16(20)17-12-5-3-4-11(10-12)6-7-15(18)19/h3-7,10,13-14H,2,8-9H2,1H3,(H,17,20)(H,18,19)/b7-6+. The van der Waals surface area contributed by atoms with Gasteiger partial charge in [-0.25, -0.2) is 4.79 Å². The Morgan fingerprint density at radius 2 is 2.29 bits per heavy atom. The summed E-state index contributed by atoms with van der Waals surface area (Å²) in [6.45, 7) is 2.63. The Labute approximate surface area is 123 Å². The maximum atomic E-state index is 12.3. The van der Waals surface area contributed by atoms with E-state index >= 15 is 0 Å². The van der Waals surface area contributed by atoms with E-state index in [1.54, 1.807) is 24.3 Å². The molecule has 5 nitrogen and oxygen atoms in total. The van der Waals surface area contributed by atoms with Crippen LogP contribution in [0.1, 0.15) is 25.3 Å². The van der Waals surface area contributed by atoms with Crippen molar-refractivity contribution in [2.45, 2.75) is 25.9 Å². The summed E-state index contributed by atoms with van der Waals surface area (Å²) in [5.41, 5.74) is 1.39. The van der Waals surface area contributed by atoms with Gasteiger partial charge in [-0.05, 0) is 36.6 Å². The van der Waals surface area contributed by atoms with Crippen LogP contribution in [0.2, 0.25) is 0 Å². The minimum atomic E-state index is -1.00. The number of anilines is 1. The van der Waals surface area contributed by atoms with E-state index in [0.29, 0.717) is 12.3 Å². The molecule has 0 saturated carbocycles. The smallest absolute Gasteiger partial charge is 0.328 e. The summed E-state index contributed by atoms with van der Waals surface area (Å²) in [6.07, 6.45) is 4.10. The molecule has 1 aromatic rings. The Bertz CT molecular complexity index is 553. The molecule has 0 spiro atoms. The van der Waals surface area contributed by atoms with E-state index < -0.39 is 5.97 Å². The third kappa shape index (κ3) is 4.16. The van der Waals surface area contributed by atoms with Gasteiger partial charge in [-0.3, -0.25) is 4.79 Å². The highest BCUT2D eigenvalue weighted by atomic mass is 16.5. The van der Waals surface area contributed by atoms with Crippen LogP contribution in [0, 0.1) is 5.92 Å². The van der Waals surface area contributed by atoms with Crippen LogP contribution in [0.3, 0.4) is 0 Å². The van der Waals surface area contributed by atoms with Gasteiger partial charge in [-0.2, -0.15) is 0 Å². The molecule has 2 unspecified atom stereocenters. The largest absolute Gasteiger partial charge is 0.478 e. The SMILES string of the molecule is CCC1OCCC1C(=O)Nc1cccc(/C=C/C(=O)O)c1. The fraction of sp³-hybridized carbons (Fsp3) is 0.375. The van der Waals surface area contributed by atoms with Crippen molar-refractivity contribution in [2.75, 3.05) is 11.9 Å². The summed E-state index contributed by atoms with van der Waals surface area (Å²) in [7, 11) is 0. The minimum Gasteiger partial charge on any atom is -0.478 e. The van der Waals surface area contributed by atoms with Gasteiger partial charge in [-0.1, -0.05) is 19.1 Å². The van der Waals surface area contributed by atoms with E-state index in [1.165, 1.54) is 6.08 Å². The van der Waals surface area contributed by atoms with Gasteiger partial charge in [0, 0.05) is 18.4 Å². The maximum Gasteiger partial charge on any atom is 0.328 e. The number of rotatable bonds is 5. The third-order valence-corrected chi connectivity index (χ3v) is 3.52. The summed E-state index contributed by atoms with van der Waals surface area (Å²) >= 11 is 0. The molecule has 1 saturated heterocycles. The van der Waals surface area contributed by atoms with E-state index in [4.69, 9.17) is 9.84 Å². The minimum absolute atomic E-state index is 0.0138. The van der Waals surface area contributed by atoms with Crippen LogP contribution in [0.15, 0.2) is 30.3 Å². The van der Waals surface area contributed by atoms with Crippen molar-refractivity contribution < 1.29 is 19.4 Å². The number of benzene rings is 1. The number of ether oxygens (including phenoxy) is 1. The molecule has 2 N–H and O–H groups in total. The van der Waals surface area contributed by atoms with Crippen LogP contribution >= 0.6 is 0 Å². The molecular formula is C16H19NO4. The van der Waals surface area contributed by atoms with Crippen molar-refractivity contribution in [3.8, 4) is 0 Å². The van der Waals surface area contributed by atoms with Crippen molar-refractivity contribution in [3.05, 3.63) is 35.9 Å². The van der Waals surface area contributed by atoms with Crippen LogP contribution < -0.4 is 5.32 Å². The Morgan fingerprint density at radius 3 is 3.00 bits per heavy atom. The molecule has 2 rings (SSSR count). The summed E-state index contributed by atoms with van der Waals surface area (Å²) < 4.78 is 5.52. The lowest BCUT2D eigenvalue weighted by Crippen LogP contribution is -2.29. The van der Waals surface area contributed by atoms with E-state index in [0.717, 1.165) is 24.5 Å². The summed E-state index contributed by atoms with van der Waals surface area (Å²) in [6, 6.07) is 7.09. The van der Waals surface area contributed by atoms with Gasteiger partial charge in [0.25, 0.3) is 0 Å². The molecule has 1 amide bonds. The number of hydrogen-bond donors (Lipinski definition) is 2. The van der Waals surface area contributed by atoms with Gasteiger partial charge in [0.2, 0.25) is 5.91 Å². The second-order valence-corrected chi connectivity index (χ2v) is 5.00. The Morgan fingerprint density at radius 1 is 1.48 bits per heavy atom. The molecule has 0 radical (unpaired) electrons. The number of nitrogens with one attached hydrogen (secondary N) is 1. The van der Waals surface area contributed by atoms with Crippen molar-refractivity contribution in [3.63, 3.8) is 0 Å². The van der Waals surface area contributed by atoms with Gasteiger partial charge in [0.1, 0.15) is 0 Å². The Kier molecular flexibility index (Phi) is 5.11. The zero-order valence-corrected chi connectivity index (χ0v) is 11.9. The average molecular weight is 289 g/mol. The number of amides is 1. The quantitative estimate of drug-likeness (QED) is 0.817. The predicted octanol–water partition coefficient (Wildman–Crippen LogP) is 2.54. The molecule has 1 fully saturated rings. The number of carbonyl (C=O) groups excluding carboxylic acids is 1. The Balaban J connectivity index is 2.04. The normalized spacial score (nSPS) is 21.6. The fourth-order valence-corrected chi connectivity index (χ4v) is 2.47. The lowest BCUT2D eigenvalue weighted by Gasteiger charge is -2.16. The van der Waals surface area contributed by atoms with Gasteiger partial charge in [-0.15, -0.1) is 0 Å². The first kappa shape index (κ1) is 15.3. The van der Waals surface area contributed by atoms with E-state index in [9.17, 15) is 9.59 Å². The lowest BCUT2D eigenvalue weighted by molar-refractivity contribution is -0.131. The first-order valence-corrected chi connectivity index (χ1v) is 7.03. The molecule has 5 heteroatoms. The summed E-state index contributed by atoms with van der Waals surface area (Å²) in [5.74, 6) is -1.16. The molecule has 1 heterocycles. The van der Waals surface area contributed by atoms with Gasteiger partial charge < -0.3 is 15.2 Å². The number of hydrogen-bond acceptors (Lipinski definition) is 3. The highest BCUT2D eigenvalue weighted by Crippen LogP contribution is 2.25. The summed E-state index contributed by atoms with van der Waals surface area (Å²) in [4.78, 5) is 22.8. The van der Waals surface area contributed by atoms with E-state index in [-0.39, 0.29) is 17.9 Å². The molecule has 1 aliphatic heterocycles. The lowest BCUT2D eigenvalue weighted by atomic mass is 9.98. The van der Waals surface area contributed by atoms with Gasteiger partial charge in [0.15, 0.2) is 0 Å². The van der Waals surface area contributed by atoms with Crippen LogP contribution in [0.5, 0.6) is 0 Å². The molecular weight excluding hydrogens is 270 g/mol.